The molecule has 9 heteroatoms. The van der Waals surface area contributed by atoms with Crippen LogP contribution in [0.2, 0.25) is 0 Å². The van der Waals surface area contributed by atoms with Crippen molar-refractivity contribution in [3.8, 4) is 5.75 Å². The highest BCUT2D eigenvalue weighted by Crippen LogP contribution is 2.26. The van der Waals surface area contributed by atoms with E-state index in [0.29, 0.717) is 15.9 Å². The Morgan fingerprint density at radius 2 is 1.92 bits per heavy atom. The number of anilines is 1. The smallest absolute Gasteiger partial charge is 0.265 e. The summed E-state index contributed by atoms with van der Waals surface area (Å²) in [6.07, 6.45) is -0.883. The maximum atomic E-state index is 13.1. The Bertz CT molecular complexity index is 919. The molecule has 0 bridgehead atoms. The normalized spacial score (nSPS) is 12.7. The number of amides is 1. The van der Waals surface area contributed by atoms with E-state index in [-0.39, 0.29) is 4.90 Å². The number of sulfonamides is 1. The molecule has 1 unspecified atom stereocenters. The third-order valence-corrected chi connectivity index (χ3v) is 5.88. The van der Waals surface area contributed by atoms with Crippen LogP contribution in [0.25, 0.3) is 0 Å². The maximum absolute atomic E-state index is 13.1. The fourth-order valence-corrected chi connectivity index (χ4v) is 3.40. The van der Waals surface area contributed by atoms with Gasteiger partial charge >= 0.3 is 0 Å². The molecule has 2 aromatic rings. The lowest BCUT2D eigenvalue weighted by Crippen LogP contribution is -2.30. The van der Waals surface area contributed by atoms with Gasteiger partial charge in [0.1, 0.15) is 11.6 Å². The summed E-state index contributed by atoms with van der Waals surface area (Å²) >= 11 is 3.17. The van der Waals surface area contributed by atoms with Gasteiger partial charge in [-0.1, -0.05) is 6.07 Å². The summed E-state index contributed by atoms with van der Waals surface area (Å²) in [5, 5.41) is 2.61. The Morgan fingerprint density at radius 3 is 2.54 bits per heavy atom. The largest absolute Gasteiger partial charge is 0.480 e. The van der Waals surface area contributed by atoms with Crippen molar-refractivity contribution < 1.29 is 22.3 Å². The molecule has 0 fully saturated rings. The van der Waals surface area contributed by atoms with Crippen LogP contribution in [0.3, 0.4) is 0 Å². The van der Waals surface area contributed by atoms with Gasteiger partial charge in [0, 0.05) is 19.8 Å². The van der Waals surface area contributed by atoms with Crippen molar-refractivity contribution >= 4 is 37.5 Å². The summed E-state index contributed by atoms with van der Waals surface area (Å²) < 4.78 is 44.4. The Kier molecular flexibility index (Phi) is 6.38. The first kappa shape index (κ1) is 20.3. The van der Waals surface area contributed by atoms with Crippen molar-refractivity contribution in [2.45, 2.75) is 17.9 Å². The number of halogens is 2. The monoisotopic (exact) mass is 444 g/mol. The third-order valence-electron chi connectivity index (χ3n) is 3.45. The maximum Gasteiger partial charge on any atom is 0.265 e. The summed E-state index contributed by atoms with van der Waals surface area (Å²) in [7, 11) is -0.749. The van der Waals surface area contributed by atoms with E-state index >= 15 is 0 Å². The average molecular weight is 445 g/mol. The van der Waals surface area contributed by atoms with E-state index in [1.54, 1.807) is 6.07 Å². The lowest BCUT2D eigenvalue weighted by Gasteiger charge is -2.16. The van der Waals surface area contributed by atoms with Crippen LogP contribution in [0, 0.1) is 5.82 Å². The number of benzene rings is 2. The Balaban J connectivity index is 2.12. The van der Waals surface area contributed by atoms with E-state index in [1.807, 2.05) is 0 Å². The molecule has 0 saturated carbocycles. The molecule has 1 atom stereocenters. The van der Waals surface area contributed by atoms with Crippen molar-refractivity contribution in [3.63, 3.8) is 0 Å². The molecule has 0 aliphatic heterocycles. The van der Waals surface area contributed by atoms with Gasteiger partial charge in [-0.2, -0.15) is 0 Å². The minimum Gasteiger partial charge on any atom is -0.480 e. The van der Waals surface area contributed by atoms with Crippen molar-refractivity contribution in [3.05, 3.63) is 52.8 Å². The van der Waals surface area contributed by atoms with E-state index in [0.717, 1.165) is 4.31 Å². The third kappa shape index (κ3) is 4.80. The molecular formula is C17H18BrFN2O4S. The van der Waals surface area contributed by atoms with Gasteiger partial charge in [0.25, 0.3) is 5.91 Å². The Labute approximate surface area is 160 Å². The van der Waals surface area contributed by atoms with Crippen LogP contribution in [-0.4, -0.2) is 38.8 Å². The Hall–Kier alpha value is -1.97. The zero-order valence-electron chi connectivity index (χ0n) is 14.4. The molecule has 2 rings (SSSR count). The number of hydrogen-bond acceptors (Lipinski definition) is 4. The van der Waals surface area contributed by atoms with E-state index < -0.39 is 27.9 Å². The summed E-state index contributed by atoms with van der Waals surface area (Å²) in [5.41, 5.74) is 0.326. The molecule has 0 spiro atoms. The molecule has 2 aromatic carbocycles. The molecule has 0 aromatic heterocycles. The molecule has 1 amide bonds. The average Bonchev–Trinajstić information content (AvgIpc) is 2.57. The van der Waals surface area contributed by atoms with Crippen molar-refractivity contribution in [1.82, 2.24) is 4.31 Å². The summed E-state index contributed by atoms with van der Waals surface area (Å²) in [5.74, 6) is -0.584. The SMILES string of the molecule is CC(Oc1ccc(F)cc1Br)C(=O)Nc1cccc(S(=O)(=O)N(C)C)c1. The standard InChI is InChI=1S/C17H18BrFN2O4S/c1-11(25-16-8-7-12(19)9-15(16)18)17(22)20-13-5-4-6-14(10-13)26(23,24)21(2)3/h4-11H,1-3H3,(H,20,22). The van der Waals surface area contributed by atoms with Gasteiger partial charge in [-0.05, 0) is 59.3 Å². The number of nitrogens with one attached hydrogen (secondary N) is 1. The number of ether oxygens (including phenoxy) is 1. The van der Waals surface area contributed by atoms with Crippen LogP contribution in [-0.2, 0) is 14.8 Å². The van der Waals surface area contributed by atoms with E-state index in [4.69, 9.17) is 4.74 Å². The first-order valence-corrected chi connectivity index (χ1v) is 9.79. The number of nitrogens with zero attached hydrogens (tertiary/aromatic N) is 1. The fourth-order valence-electron chi connectivity index (χ4n) is 2.00. The summed E-state index contributed by atoms with van der Waals surface area (Å²) in [6.45, 7) is 1.53. The number of carbonyl (C=O) groups is 1. The summed E-state index contributed by atoms with van der Waals surface area (Å²) in [6, 6.07) is 9.79. The van der Waals surface area contributed by atoms with Crippen LogP contribution in [0.4, 0.5) is 10.1 Å². The van der Waals surface area contributed by atoms with Gasteiger partial charge in [0.15, 0.2) is 6.10 Å². The molecule has 0 aliphatic carbocycles. The zero-order chi connectivity index (χ0) is 19.5. The Morgan fingerprint density at radius 1 is 1.23 bits per heavy atom. The van der Waals surface area contributed by atoms with Gasteiger partial charge in [-0.25, -0.2) is 17.1 Å². The molecule has 140 valence electrons. The van der Waals surface area contributed by atoms with Crippen molar-refractivity contribution in [1.29, 1.82) is 0 Å². The highest BCUT2D eigenvalue weighted by atomic mass is 79.9. The molecular weight excluding hydrogens is 427 g/mol. The van der Waals surface area contributed by atoms with E-state index in [2.05, 4.69) is 21.2 Å². The first-order chi connectivity index (χ1) is 12.1. The second kappa shape index (κ2) is 8.15. The molecule has 26 heavy (non-hydrogen) atoms. The fraction of sp³-hybridized carbons (Fsp3) is 0.235. The predicted octanol–water partition coefficient (Wildman–Crippen LogP) is 3.24. The van der Waals surface area contributed by atoms with E-state index in [9.17, 15) is 17.6 Å². The number of carbonyl (C=O) groups excluding carboxylic acids is 1. The highest BCUT2D eigenvalue weighted by molar-refractivity contribution is 9.10. The molecule has 6 nitrogen and oxygen atoms in total. The van der Waals surface area contributed by atoms with Crippen LogP contribution >= 0.6 is 15.9 Å². The van der Waals surface area contributed by atoms with Gasteiger partial charge in [0.2, 0.25) is 10.0 Å². The molecule has 0 radical (unpaired) electrons. The highest BCUT2D eigenvalue weighted by Gasteiger charge is 2.20. The van der Waals surface area contributed by atoms with Gasteiger partial charge in [-0.3, -0.25) is 4.79 Å². The predicted molar refractivity (Wildman–Crippen MR) is 100 cm³/mol. The van der Waals surface area contributed by atoms with Gasteiger partial charge < -0.3 is 10.1 Å². The lowest BCUT2D eigenvalue weighted by molar-refractivity contribution is -0.122. The minimum atomic E-state index is -3.60. The van der Waals surface area contributed by atoms with Crippen molar-refractivity contribution in [2.75, 3.05) is 19.4 Å². The summed E-state index contributed by atoms with van der Waals surface area (Å²) in [4.78, 5) is 12.4. The molecule has 1 N–H and O–H groups in total. The lowest BCUT2D eigenvalue weighted by atomic mass is 10.3. The second-order valence-corrected chi connectivity index (χ2v) is 8.65. The quantitative estimate of drug-likeness (QED) is 0.741. The second-order valence-electron chi connectivity index (χ2n) is 5.64. The molecule has 0 saturated heterocycles. The minimum absolute atomic E-state index is 0.0650. The van der Waals surface area contributed by atoms with Crippen LogP contribution in [0.15, 0.2) is 51.8 Å². The first-order valence-electron chi connectivity index (χ1n) is 7.56. The number of rotatable bonds is 6. The van der Waals surface area contributed by atoms with Gasteiger partial charge in [-0.15, -0.1) is 0 Å². The molecule has 0 heterocycles. The van der Waals surface area contributed by atoms with Crippen LogP contribution in [0.1, 0.15) is 6.92 Å². The topological polar surface area (TPSA) is 75.7 Å². The van der Waals surface area contributed by atoms with E-state index in [1.165, 1.54) is 57.4 Å². The van der Waals surface area contributed by atoms with Crippen molar-refractivity contribution in [2.24, 2.45) is 0 Å². The zero-order valence-corrected chi connectivity index (χ0v) is 16.8. The van der Waals surface area contributed by atoms with Gasteiger partial charge in [0.05, 0.1) is 9.37 Å². The molecule has 0 aliphatic rings. The van der Waals surface area contributed by atoms with Crippen LogP contribution in [0.5, 0.6) is 5.75 Å². The van der Waals surface area contributed by atoms with Crippen LogP contribution < -0.4 is 10.1 Å². The number of hydrogen-bond donors (Lipinski definition) is 1.